The van der Waals surface area contributed by atoms with Crippen molar-refractivity contribution in [2.75, 3.05) is 26.9 Å². The number of methoxy groups -OCH3 is 1. The van der Waals surface area contributed by atoms with Gasteiger partial charge < -0.3 is 32.9 Å². The molecule has 1 heterocycles. The van der Waals surface area contributed by atoms with E-state index in [1.54, 1.807) is 7.11 Å². The Balaban J connectivity index is 0.000000359. The normalized spacial score (nSPS) is 15.1. The second-order valence-electron chi connectivity index (χ2n) is 11.0. The van der Waals surface area contributed by atoms with E-state index in [1.807, 2.05) is 69.3 Å². The number of aliphatic carboxylic acids is 1. The summed E-state index contributed by atoms with van der Waals surface area (Å²) in [6.07, 6.45) is 2.96. The summed E-state index contributed by atoms with van der Waals surface area (Å²) in [6.45, 7) is 13.4. The maximum absolute atomic E-state index is 11.6. The molecule has 10 heteroatoms. The predicted octanol–water partition coefficient (Wildman–Crippen LogP) is 7.11. The van der Waals surface area contributed by atoms with Gasteiger partial charge in [-0.1, -0.05) is 24.3 Å². The fourth-order valence-corrected chi connectivity index (χ4v) is 5.50. The van der Waals surface area contributed by atoms with Gasteiger partial charge >= 0.3 is 11.9 Å². The molecule has 2 unspecified atom stereocenters. The van der Waals surface area contributed by atoms with Crippen LogP contribution in [0.3, 0.4) is 0 Å². The van der Waals surface area contributed by atoms with Crippen molar-refractivity contribution >= 4 is 14.3 Å². The average Bonchev–Trinajstić information content (AvgIpc) is 3.57. The summed E-state index contributed by atoms with van der Waals surface area (Å²) >= 11 is 0. The molecule has 0 radical (unpaired) electrons. The summed E-state index contributed by atoms with van der Waals surface area (Å²) < 4.78 is 32.8. The molecule has 2 aromatic carbocycles. The molecule has 0 saturated carbocycles. The van der Waals surface area contributed by atoms with Gasteiger partial charge in [-0.15, -0.1) is 0 Å². The third-order valence-corrected chi connectivity index (χ3v) is 7.48. The zero-order chi connectivity index (χ0) is 31.4. The minimum absolute atomic E-state index is 0.115. The first-order valence-corrected chi connectivity index (χ1v) is 18.1. The third-order valence-electron chi connectivity index (χ3n) is 6.67. The lowest BCUT2D eigenvalue weighted by molar-refractivity contribution is -0.151. The standard InChI is InChI=1S/C25H27NO5.C8H18O3Si/c1-3-29-23(25(27)28)21-11-9-18-15-19(10-12-20(18)21)30-14-13-22-16(2)31-24(26-22)17-7-5-4-6-8-17;1-6-10-7-8(9-2)11-12(3,4)5/h4-8,10,12,15,21,23H,3,9,11,13-14H2,1-2H3,(H,27,28);7H,6H2,1-5H3/b;8-7+. The van der Waals surface area contributed by atoms with Gasteiger partial charge in [0.05, 0.1) is 26.0 Å². The van der Waals surface area contributed by atoms with Crippen molar-refractivity contribution in [2.24, 2.45) is 0 Å². The van der Waals surface area contributed by atoms with Crippen molar-refractivity contribution in [2.45, 2.75) is 71.7 Å². The van der Waals surface area contributed by atoms with Crippen molar-refractivity contribution < 1.29 is 37.7 Å². The van der Waals surface area contributed by atoms with E-state index in [-0.39, 0.29) is 5.92 Å². The molecular weight excluding hydrogens is 566 g/mol. The Hall–Kier alpha value is -3.76. The summed E-state index contributed by atoms with van der Waals surface area (Å²) in [7, 11) is 0.00985. The maximum Gasteiger partial charge on any atom is 0.333 e. The van der Waals surface area contributed by atoms with Crippen molar-refractivity contribution in [3.63, 3.8) is 0 Å². The van der Waals surface area contributed by atoms with Crippen molar-refractivity contribution in [3.8, 4) is 17.2 Å². The molecule has 0 saturated heterocycles. The number of carboxylic acids is 1. The Kier molecular flexibility index (Phi) is 12.7. The Labute approximate surface area is 255 Å². The number of hydrogen-bond acceptors (Lipinski definition) is 8. The first-order valence-electron chi connectivity index (χ1n) is 14.7. The van der Waals surface area contributed by atoms with Gasteiger partial charge in [-0.3, -0.25) is 0 Å². The topological polar surface area (TPSA) is 109 Å². The zero-order valence-electron chi connectivity index (χ0n) is 26.3. The fraction of sp³-hybridized carbons (Fsp3) is 0.455. The number of carboxylic acid groups (broad SMARTS) is 1. The molecule has 0 spiro atoms. The number of aryl methyl sites for hydroxylation is 2. The van der Waals surface area contributed by atoms with Crippen LogP contribution < -0.4 is 4.74 Å². The average molecular weight is 612 g/mol. The van der Waals surface area contributed by atoms with Crippen LogP contribution in [-0.2, 0) is 36.3 Å². The molecule has 1 N–H and O–H groups in total. The van der Waals surface area contributed by atoms with E-state index in [1.165, 1.54) is 6.26 Å². The minimum Gasteiger partial charge on any atom is -0.518 e. The lowest BCUT2D eigenvalue weighted by Crippen LogP contribution is -2.30. The van der Waals surface area contributed by atoms with Gasteiger partial charge in [0, 0.05) is 24.5 Å². The second-order valence-corrected chi connectivity index (χ2v) is 15.4. The second kappa shape index (κ2) is 16.2. The molecule has 0 amide bonds. The van der Waals surface area contributed by atoms with Crippen molar-refractivity contribution in [3.05, 3.63) is 83.3 Å². The van der Waals surface area contributed by atoms with Crippen LogP contribution in [0, 0.1) is 6.92 Å². The highest BCUT2D eigenvalue weighted by Gasteiger charge is 2.35. The van der Waals surface area contributed by atoms with Crippen LogP contribution >= 0.6 is 0 Å². The quantitative estimate of drug-likeness (QED) is 0.151. The third kappa shape index (κ3) is 10.2. The Morgan fingerprint density at radius 1 is 1.14 bits per heavy atom. The predicted molar refractivity (Wildman–Crippen MR) is 168 cm³/mol. The molecule has 0 bridgehead atoms. The molecule has 0 aliphatic heterocycles. The summed E-state index contributed by atoms with van der Waals surface area (Å²) in [6, 6.07) is 15.7. The molecule has 43 heavy (non-hydrogen) atoms. The molecular formula is C33H45NO8Si. The summed E-state index contributed by atoms with van der Waals surface area (Å²) in [5.74, 6) is 1.66. The van der Waals surface area contributed by atoms with Gasteiger partial charge in [0.15, 0.2) is 12.4 Å². The van der Waals surface area contributed by atoms with Gasteiger partial charge in [-0.05, 0) is 88.6 Å². The minimum atomic E-state index is -1.56. The van der Waals surface area contributed by atoms with Crippen LogP contribution in [-0.4, -0.2) is 57.4 Å². The number of carbonyl (C=O) groups is 1. The lowest BCUT2D eigenvalue weighted by Gasteiger charge is -2.20. The molecule has 4 rings (SSSR count). The number of hydrogen-bond donors (Lipinski definition) is 1. The van der Waals surface area contributed by atoms with Gasteiger partial charge in [-0.25, -0.2) is 9.78 Å². The van der Waals surface area contributed by atoms with Crippen LogP contribution in [0.4, 0.5) is 0 Å². The highest BCUT2D eigenvalue weighted by Crippen LogP contribution is 2.38. The molecule has 1 aromatic heterocycles. The highest BCUT2D eigenvalue weighted by molar-refractivity contribution is 6.70. The number of fused-ring (bicyclic) bond motifs is 1. The van der Waals surface area contributed by atoms with E-state index in [9.17, 15) is 9.90 Å². The van der Waals surface area contributed by atoms with Crippen LogP contribution in [0.15, 0.2) is 65.2 Å². The molecule has 9 nitrogen and oxygen atoms in total. The number of rotatable bonds is 14. The first kappa shape index (κ1) is 33.7. The number of oxazole rings is 1. The maximum atomic E-state index is 11.6. The van der Waals surface area contributed by atoms with Crippen LogP contribution in [0.5, 0.6) is 5.75 Å². The SMILES string of the molecule is CCO/C=C(\OC)O[Si](C)(C)C.CCOC(C(=O)O)C1CCc2cc(OCCc3nc(-c4ccccc4)oc3C)ccc21. The summed E-state index contributed by atoms with van der Waals surface area (Å²) in [5.41, 5.74) is 4.03. The van der Waals surface area contributed by atoms with Gasteiger partial charge in [0.25, 0.3) is 0 Å². The number of ether oxygens (including phenoxy) is 4. The molecule has 1 aliphatic carbocycles. The van der Waals surface area contributed by atoms with Crippen LogP contribution in [0.2, 0.25) is 19.6 Å². The number of nitrogens with zero attached hydrogens (tertiary/aromatic N) is 1. The lowest BCUT2D eigenvalue weighted by atomic mass is 9.95. The van der Waals surface area contributed by atoms with E-state index in [4.69, 9.17) is 27.8 Å². The molecule has 2 atom stereocenters. The Morgan fingerprint density at radius 2 is 1.88 bits per heavy atom. The number of benzene rings is 2. The van der Waals surface area contributed by atoms with E-state index in [0.717, 1.165) is 46.7 Å². The monoisotopic (exact) mass is 611 g/mol. The van der Waals surface area contributed by atoms with Crippen LogP contribution in [0.25, 0.3) is 11.5 Å². The van der Waals surface area contributed by atoms with E-state index < -0.39 is 20.4 Å². The molecule has 0 fully saturated rings. The smallest absolute Gasteiger partial charge is 0.333 e. The number of aromatic nitrogens is 1. The van der Waals surface area contributed by atoms with Gasteiger partial charge in [-0.2, -0.15) is 0 Å². The molecule has 1 aliphatic rings. The Bertz CT molecular complexity index is 1330. The van der Waals surface area contributed by atoms with E-state index in [0.29, 0.717) is 38.1 Å². The van der Waals surface area contributed by atoms with E-state index in [2.05, 4.69) is 24.6 Å². The highest BCUT2D eigenvalue weighted by atomic mass is 28.4. The van der Waals surface area contributed by atoms with Gasteiger partial charge in [0.2, 0.25) is 14.2 Å². The largest absolute Gasteiger partial charge is 0.518 e. The molecule has 234 valence electrons. The van der Waals surface area contributed by atoms with E-state index >= 15 is 0 Å². The molecule has 3 aromatic rings. The fourth-order valence-electron chi connectivity index (χ4n) is 4.77. The van der Waals surface area contributed by atoms with Crippen LogP contribution in [0.1, 0.15) is 48.8 Å². The van der Waals surface area contributed by atoms with Gasteiger partial charge in [0.1, 0.15) is 11.5 Å². The Morgan fingerprint density at radius 3 is 2.51 bits per heavy atom. The summed E-state index contributed by atoms with van der Waals surface area (Å²) in [4.78, 5) is 16.2. The van der Waals surface area contributed by atoms with Crippen molar-refractivity contribution in [1.82, 2.24) is 4.98 Å². The first-order chi connectivity index (χ1) is 20.6. The summed E-state index contributed by atoms with van der Waals surface area (Å²) in [5, 5.41) is 9.50. The van der Waals surface area contributed by atoms with Crippen molar-refractivity contribution in [1.29, 1.82) is 0 Å². The zero-order valence-corrected chi connectivity index (χ0v) is 27.3.